The van der Waals surface area contributed by atoms with Gasteiger partial charge in [-0.3, -0.25) is 4.90 Å². The van der Waals surface area contributed by atoms with Crippen LogP contribution in [0, 0.1) is 6.92 Å². The van der Waals surface area contributed by atoms with Crippen molar-refractivity contribution in [2.45, 2.75) is 46.5 Å². The Morgan fingerprint density at radius 1 is 1.11 bits per heavy atom. The molecule has 0 saturated carbocycles. The summed E-state index contributed by atoms with van der Waals surface area (Å²) < 4.78 is 5.78. The number of aryl methyl sites for hydroxylation is 1. The molecule has 146 valence electrons. The van der Waals surface area contributed by atoms with Crippen LogP contribution in [0.5, 0.6) is 5.75 Å². The molecule has 0 aliphatic heterocycles. The average molecular weight is 369 g/mol. The molecule has 1 N–H and O–H groups in total. The molecular formula is C23H32N2O2. The fourth-order valence-corrected chi connectivity index (χ4v) is 2.84. The number of ether oxygens (including phenoxy) is 1. The highest BCUT2D eigenvalue weighted by molar-refractivity contribution is 5.91. The van der Waals surface area contributed by atoms with Crippen LogP contribution in [0.1, 0.15) is 45.2 Å². The van der Waals surface area contributed by atoms with Crippen LogP contribution in [0.15, 0.2) is 48.5 Å². The van der Waals surface area contributed by atoms with Crippen molar-refractivity contribution in [2.75, 3.05) is 24.6 Å². The minimum Gasteiger partial charge on any atom is -0.494 e. The molecule has 4 heteroatoms. The summed E-state index contributed by atoms with van der Waals surface area (Å²) in [5.74, 6) is 0.865. The zero-order valence-corrected chi connectivity index (χ0v) is 17.2. The first-order valence-electron chi connectivity index (χ1n) is 9.66. The van der Waals surface area contributed by atoms with Gasteiger partial charge in [0.05, 0.1) is 6.61 Å². The van der Waals surface area contributed by atoms with Crippen LogP contribution in [0.25, 0.3) is 0 Å². The topological polar surface area (TPSA) is 41.6 Å². The molecule has 0 saturated heterocycles. The number of carbonyl (C=O) groups is 1. The molecule has 4 nitrogen and oxygen atoms in total. The number of hydrogen-bond donors (Lipinski definition) is 1. The molecule has 0 aliphatic rings. The normalized spacial score (nSPS) is 11.1. The van der Waals surface area contributed by atoms with Gasteiger partial charge in [0.1, 0.15) is 5.75 Å². The smallest absolute Gasteiger partial charge is 0.321 e. The standard InChI is InChI=1S/C23H32N2O2/c1-6-25(20-10-7-9-18(2)17-20)22(26)24-15-8-16-27-21-13-11-19(12-14-21)23(3,4)5/h7,9-14,17H,6,8,15-16H2,1-5H3,(H,24,26). The molecule has 27 heavy (non-hydrogen) atoms. The number of nitrogens with one attached hydrogen (secondary N) is 1. The zero-order valence-electron chi connectivity index (χ0n) is 17.2. The van der Waals surface area contributed by atoms with Crippen molar-refractivity contribution >= 4 is 11.7 Å². The van der Waals surface area contributed by atoms with Crippen molar-refractivity contribution in [2.24, 2.45) is 0 Å². The first-order chi connectivity index (χ1) is 12.8. The predicted molar refractivity (Wildman–Crippen MR) is 113 cm³/mol. The molecule has 0 aliphatic carbocycles. The second kappa shape index (κ2) is 9.45. The Kier molecular flexibility index (Phi) is 7.28. The Hall–Kier alpha value is -2.49. The quantitative estimate of drug-likeness (QED) is 0.674. The third kappa shape index (κ3) is 6.31. The second-order valence-corrected chi connectivity index (χ2v) is 7.79. The van der Waals surface area contributed by atoms with Gasteiger partial charge >= 0.3 is 6.03 Å². The maximum atomic E-state index is 12.4. The van der Waals surface area contributed by atoms with Gasteiger partial charge in [-0.25, -0.2) is 4.79 Å². The summed E-state index contributed by atoms with van der Waals surface area (Å²) in [7, 11) is 0. The van der Waals surface area contributed by atoms with E-state index >= 15 is 0 Å². The van der Waals surface area contributed by atoms with E-state index in [9.17, 15) is 4.79 Å². The Morgan fingerprint density at radius 2 is 1.81 bits per heavy atom. The van der Waals surface area contributed by atoms with Crippen molar-refractivity contribution in [1.82, 2.24) is 5.32 Å². The molecule has 2 aromatic carbocycles. The Labute approximate surface area is 163 Å². The van der Waals surface area contributed by atoms with Crippen LogP contribution in [-0.4, -0.2) is 25.7 Å². The van der Waals surface area contributed by atoms with Crippen LogP contribution in [0.4, 0.5) is 10.5 Å². The van der Waals surface area contributed by atoms with E-state index in [0.717, 1.165) is 23.4 Å². The lowest BCUT2D eigenvalue weighted by Gasteiger charge is -2.22. The third-order valence-electron chi connectivity index (χ3n) is 4.46. The SMILES string of the molecule is CCN(C(=O)NCCCOc1ccc(C(C)(C)C)cc1)c1cccc(C)c1. The fourth-order valence-electron chi connectivity index (χ4n) is 2.84. The molecule has 2 amide bonds. The summed E-state index contributed by atoms with van der Waals surface area (Å²) in [6, 6.07) is 16.1. The van der Waals surface area contributed by atoms with E-state index in [-0.39, 0.29) is 11.4 Å². The molecule has 0 heterocycles. The van der Waals surface area contributed by atoms with E-state index in [1.807, 2.05) is 50.2 Å². The highest BCUT2D eigenvalue weighted by Crippen LogP contribution is 2.24. The van der Waals surface area contributed by atoms with E-state index in [1.54, 1.807) is 4.90 Å². The fraction of sp³-hybridized carbons (Fsp3) is 0.435. The minimum absolute atomic E-state index is 0.0716. The number of benzene rings is 2. The predicted octanol–water partition coefficient (Wildman–Crippen LogP) is 5.30. The van der Waals surface area contributed by atoms with Crippen LogP contribution < -0.4 is 15.0 Å². The molecule has 0 unspecified atom stereocenters. The molecule has 2 rings (SSSR count). The van der Waals surface area contributed by atoms with Gasteiger partial charge in [0.15, 0.2) is 0 Å². The molecule has 0 atom stereocenters. The monoisotopic (exact) mass is 368 g/mol. The summed E-state index contributed by atoms with van der Waals surface area (Å²) in [6.07, 6.45) is 0.762. The lowest BCUT2D eigenvalue weighted by molar-refractivity contribution is 0.244. The van der Waals surface area contributed by atoms with E-state index in [0.29, 0.717) is 19.7 Å². The Bertz CT molecular complexity index is 733. The summed E-state index contributed by atoms with van der Waals surface area (Å²) in [5.41, 5.74) is 3.50. The minimum atomic E-state index is -0.0716. The number of nitrogens with zero attached hydrogens (tertiary/aromatic N) is 1. The lowest BCUT2D eigenvalue weighted by atomic mass is 9.87. The largest absolute Gasteiger partial charge is 0.494 e. The van der Waals surface area contributed by atoms with Crippen molar-refractivity contribution < 1.29 is 9.53 Å². The van der Waals surface area contributed by atoms with Crippen molar-refractivity contribution in [3.63, 3.8) is 0 Å². The van der Waals surface area contributed by atoms with Gasteiger partial charge < -0.3 is 10.1 Å². The van der Waals surface area contributed by atoms with Gasteiger partial charge in [-0.15, -0.1) is 0 Å². The van der Waals surface area contributed by atoms with E-state index in [2.05, 4.69) is 38.2 Å². The molecule has 0 spiro atoms. The first-order valence-corrected chi connectivity index (χ1v) is 9.66. The summed E-state index contributed by atoms with van der Waals surface area (Å²) >= 11 is 0. The third-order valence-corrected chi connectivity index (χ3v) is 4.46. The Morgan fingerprint density at radius 3 is 2.41 bits per heavy atom. The molecular weight excluding hydrogens is 336 g/mol. The number of hydrogen-bond acceptors (Lipinski definition) is 2. The van der Waals surface area contributed by atoms with Gasteiger partial charge in [0, 0.05) is 18.8 Å². The maximum Gasteiger partial charge on any atom is 0.321 e. The molecule has 0 aromatic heterocycles. The van der Waals surface area contributed by atoms with Gasteiger partial charge in [-0.05, 0) is 61.1 Å². The number of amides is 2. The number of carbonyl (C=O) groups excluding carboxylic acids is 1. The van der Waals surface area contributed by atoms with Gasteiger partial charge in [-0.2, -0.15) is 0 Å². The van der Waals surface area contributed by atoms with E-state index in [1.165, 1.54) is 5.56 Å². The number of anilines is 1. The zero-order chi connectivity index (χ0) is 19.9. The van der Waals surface area contributed by atoms with Crippen molar-refractivity contribution in [3.8, 4) is 5.75 Å². The maximum absolute atomic E-state index is 12.4. The number of rotatable bonds is 7. The average Bonchev–Trinajstić information content (AvgIpc) is 2.62. The second-order valence-electron chi connectivity index (χ2n) is 7.79. The first kappa shape index (κ1) is 20.8. The summed E-state index contributed by atoms with van der Waals surface area (Å²) in [5, 5.41) is 2.97. The van der Waals surface area contributed by atoms with Crippen molar-refractivity contribution in [1.29, 1.82) is 0 Å². The van der Waals surface area contributed by atoms with Gasteiger partial charge in [-0.1, -0.05) is 45.0 Å². The lowest BCUT2D eigenvalue weighted by Crippen LogP contribution is -2.40. The summed E-state index contributed by atoms with van der Waals surface area (Å²) in [4.78, 5) is 14.2. The van der Waals surface area contributed by atoms with E-state index in [4.69, 9.17) is 4.74 Å². The van der Waals surface area contributed by atoms with Crippen LogP contribution in [0.2, 0.25) is 0 Å². The summed E-state index contributed by atoms with van der Waals surface area (Å²) in [6.45, 7) is 12.4. The van der Waals surface area contributed by atoms with Crippen LogP contribution >= 0.6 is 0 Å². The van der Waals surface area contributed by atoms with Gasteiger partial charge in [0.2, 0.25) is 0 Å². The number of urea groups is 1. The van der Waals surface area contributed by atoms with Crippen LogP contribution in [0.3, 0.4) is 0 Å². The molecule has 0 bridgehead atoms. The van der Waals surface area contributed by atoms with Gasteiger partial charge in [0.25, 0.3) is 0 Å². The molecule has 2 aromatic rings. The highest BCUT2D eigenvalue weighted by atomic mass is 16.5. The highest BCUT2D eigenvalue weighted by Gasteiger charge is 2.14. The molecule has 0 radical (unpaired) electrons. The molecule has 0 fully saturated rings. The van der Waals surface area contributed by atoms with Crippen LogP contribution in [-0.2, 0) is 5.41 Å². The Balaban J connectivity index is 1.75. The van der Waals surface area contributed by atoms with Crippen molar-refractivity contribution in [3.05, 3.63) is 59.7 Å². The van der Waals surface area contributed by atoms with E-state index < -0.39 is 0 Å².